The predicted molar refractivity (Wildman–Crippen MR) is 153 cm³/mol. The number of hydrogen-bond acceptors (Lipinski definition) is 6. The van der Waals surface area contributed by atoms with Crippen LogP contribution in [0.4, 0.5) is 0 Å². The van der Waals surface area contributed by atoms with Gasteiger partial charge in [0.1, 0.15) is 0 Å². The summed E-state index contributed by atoms with van der Waals surface area (Å²) in [5.41, 5.74) is -0.0313. The molecular formula is C31H58O6Si. The van der Waals surface area contributed by atoms with E-state index in [1.807, 2.05) is 0 Å². The lowest BCUT2D eigenvalue weighted by atomic mass is 9.42. The second-order valence-corrected chi connectivity index (χ2v) is 20.7. The fourth-order valence-corrected chi connectivity index (χ4v) is 11.2. The molecule has 7 heteroatoms. The van der Waals surface area contributed by atoms with Gasteiger partial charge in [0, 0.05) is 6.10 Å². The van der Waals surface area contributed by atoms with E-state index >= 15 is 0 Å². The van der Waals surface area contributed by atoms with Gasteiger partial charge in [-0.3, -0.25) is 0 Å². The Morgan fingerprint density at radius 1 is 0.974 bits per heavy atom. The van der Waals surface area contributed by atoms with Crippen molar-refractivity contribution in [1.29, 1.82) is 0 Å². The minimum atomic E-state index is -2.12. The lowest BCUT2D eigenvalue weighted by Gasteiger charge is -2.65. The molecule has 13 atom stereocenters. The van der Waals surface area contributed by atoms with Crippen LogP contribution in [0, 0.1) is 52.3 Å². The Hall–Kier alpha value is -0.0231. The van der Waals surface area contributed by atoms with Gasteiger partial charge in [0.25, 0.3) is 0 Å². The van der Waals surface area contributed by atoms with Crippen LogP contribution >= 0.6 is 0 Å². The van der Waals surface area contributed by atoms with E-state index in [9.17, 15) is 25.5 Å². The molecule has 4 saturated carbocycles. The van der Waals surface area contributed by atoms with Gasteiger partial charge in [-0.2, -0.15) is 0 Å². The summed E-state index contributed by atoms with van der Waals surface area (Å²) in [5, 5.41) is 52.5. The molecule has 0 bridgehead atoms. The maximum Gasteiger partial charge on any atom is 0.192 e. The highest BCUT2D eigenvalue weighted by atomic mass is 28.4. The first kappa shape index (κ1) is 30.9. The molecule has 0 aromatic carbocycles. The third-order valence-corrected chi connectivity index (χ3v) is 17.6. The Balaban J connectivity index is 1.75. The van der Waals surface area contributed by atoms with Crippen molar-refractivity contribution < 1.29 is 30.0 Å². The van der Waals surface area contributed by atoms with Crippen LogP contribution in [0.1, 0.15) is 86.5 Å². The molecule has 0 aromatic heterocycles. The SMILES string of the molecule is CC(C(O)CO)[C@H]1CC[C@H]2[C@@H]3C(O)CC4CC(C(O)CO)CC[C@]4(C)[C@H]3C(O[Si](C)(C)C(C)(C)C)C[C@]12C. The van der Waals surface area contributed by atoms with Gasteiger partial charge < -0.3 is 30.0 Å². The zero-order chi connectivity index (χ0) is 28.4. The molecular weight excluding hydrogens is 496 g/mol. The van der Waals surface area contributed by atoms with Gasteiger partial charge in [0.05, 0.1) is 31.5 Å². The summed E-state index contributed by atoms with van der Waals surface area (Å²) in [6.45, 7) is 18.1. The van der Waals surface area contributed by atoms with E-state index in [1.54, 1.807) is 0 Å². The fourth-order valence-electron chi connectivity index (χ4n) is 9.83. The van der Waals surface area contributed by atoms with Crippen LogP contribution in [0.3, 0.4) is 0 Å². The highest BCUT2D eigenvalue weighted by molar-refractivity contribution is 6.74. The van der Waals surface area contributed by atoms with Crippen molar-refractivity contribution in [2.75, 3.05) is 13.2 Å². The van der Waals surface area contributed by atoms with Gasteiger partial charge in [0.15, 0.2) is 8.32 Å². The van der Waals surface area contributed by atoms with Crippen molar-refractivity contribution >= 4 is 8.32 Å². The first-order valence-corrected chi connectivity index (χ1v) is 18.4. The highest BCUT2D eigenvalue weighted by Crippen LogP contribution is 2.69. The Morgan fingerprint density at radius 2 is 1.63 bits per heavy atom. The van der Waals surface area contributed by atoms with E-state index in [1.165, 1.54) is 0 Å². The predicted octanol–water partition coefficient (Wildman–Crippen LogP) is 4.58. The third-order valence-electron chi connectivity index (χ3n) is 13.1. The maximum absolute atomic E-state index is 11.9. The smallest absolute Gasteiger partial charge is 0.192 e. The molecule has 0 aliphatic heterocycles. The average Bonchev–Trinajstić information content (AvgIpc) is 3.17. The summed E-state index contributed by atoms with van der Waals surface area (Å²) < 4.78 is 7.39. The van der Waals surface area contributed by atoms with Crippen LogP contribution in [0.25, 0.3) is 0 Å². The van der Waals surface area contributed by atoms with Crippen molar-refractivity contribution in [3.8, 4) is 0 Å². The molecule has 0 saturated heterocycles. The minimum absolute atomic E-state index is 0.000419. The average molecular weight is 555 g/mol. The molecule has 0 amide bonds. The van der Waals surface area contributed by atoms with E-state index in [2.05, 4.69) is 54.6 Å². The first-order chi connectivity index (χ1) is 17.5. The molecule has 0 radical (unpaired) electrons. The van der Waals surface area contributed by atoms with Gasteiger partial charge in [0.2, 0.25) is 0 Å². The van der Waals surface area contributed by atoms with Crippen LogP contribution in [0.5, 0.6) is 0 Å². The van der Waals surface area contributed by atoms with Crippen LogP contribution in [-0.2, 0) is 4.43 Å². The molecule has 4 fully saturated rings. The summed E-state index contributed by atoms with van der Waals surface area (Å²) in [6.07, 6.45) is 4.77. The second kappa shape index (κ2) is 10.7. The largest absolute Gasteiger partial charge is 0.414 e. The van der Waals surface area contributed by atoms with Crippen molar-refractivity contribution in [3.05, 3.63) is 0 Å². The zero-order valence-electron chi connectivity index (χ0n) is 25.4. The number of aliphatic hydroxyl groups is 5. The molecule has 6 nitrogen and oxygen atoms in total. The number of hydrogen-bond donors (Lipinski definition) is 5. The Bertz CT molecular complexity index is 830. The fraction of sp³-hybridized carbons (Fsp3) is 1.00. The molecule has 7 unspecified atom stereocenters. The molecule has 5 N–H and O–H groups in total. The van der Waals surface area contributed by atoms with E-state index in [0.717, 1.165) is 44.9 Å². The summed E-state index contributed by atoms with van der Waals surface area (Å²) in [6, 6.07) is 0. The summed E-state index contributed by atoms with van der Waals surface area (Å²) in [7, 11) is -2.12. The Kier molecular flexibility index (Phi) is 8.68. The highest BCUT2D eigenvalue weighted by Gasteiger charge is 2.67. The zero-order valence-corrected chi connectivity index (χ0v) is 26.4. The van der Waals surface area contributed by atoms with Gasteiger partial charge in [-0.15, -0.1) is 0 Å². The minimum Gasteiger partial charge on any atom is -0.414 e. The van der Waals surface area contributed by atoms with E-state index in [-0.39, 0.29) is 64.8 Å². The molecule has 0 spiro atoms. The molecule has 0 aromatic rings. The Morgan fingerprint density at radius 3 is 2.21 bits per heavy atom. The van der Waals surface area contributed by atoms with Gasteiger partial charge >= 0.3 is 0 Å². The molecule has 4 aliphatic rings. The van der Waals surface area contributed by atoms with Crippen molar-refractivity contribution in [3.63, 3.8) is 0 Å². The van der Waals surface area contributed by atoms with Gasteiger partial charge in [-0.1, -0.05) is 41.5 Å². The quantitative estimate of drug-likeness (QED) is 0.295. The molecule has 4 rings (SSSR count). The maximum atomic E-state index is 11.9. The molecule has 38 heavy (non-hydrogen) atoms. The van der Waals surface area contributed by atoms with E-state index in [4.69, 9.17) is 4.43 Å². The topological polar surface area (TPSA) is 110 Å². The van der Waals surface area contributed by atoms with Gasteiger partial charge in [-0.25, -0.2) is 0 Å². The van der Waals surface area contributed by atoms with Crippen molar-refractivity contribution in [2.45, 2.75) is 129 Å². The monoisotopic (exact) mass is 554 g/mol. The molecule has 0 heterocycles. The van der Waals surface area contributed by atoms with Crippen molar-refractivity contribution in [1.82, 2.24) is 0 Å². The Labute approximate surface area is 232 Å². The third kappa shape index (κ3) is 4.98. The van der Waals surface area contributed by atoms with Crippen LogP contribution in [-0.4, -0.2) is 71.5 Å². The number of aliphatic hydroxyl groups excluding tert-OH is 5. The first-order valence-electron chi connectivity index (χ1n) is 15.5. The van der Waals surface area contributed by atoms with Crippen LogP contribution < -0.4 is 0 Å². The molecule has 4 aliphatic carbocycles. The lowest BCUT2D eigenvalue weighted by molar-refractivity contribution is -0.211. The van der Waals surface area contributed by atoms with Crippen LogP contribution in [0.15, 0.2) is 0 Å². The normalized spacial score (nSPS) is 46.0. The number of fused-ring (bicyclic) bond motifs is 5. The van der Waals surface area contributed by atoms with Crippen LogP contribution in [0.2, 0.25) is 18.1 Å². The van der Waals surface area contributed by atoms with E-state index < -0.39 is 26.6 Å². The summed E-state index contributed by atoms with van der Waals surface area (Å²) in [4.78, 5) is 0. The van der Waals surface area contributed by atoms with Gasteiger partial charge in [-0.05, 0) is 115 Å². The molecule has 222 valence electrons. The van der Waals surface area contributed by atoms with E-state index in [0.29, 0.717) is 11.8 Å². The standard InChI is InChI=1S/C31H58O6Si/c1-18(24(35)16-32)21-9-10-22-27-23(34)14-20-13-19(25(36)17-33)11-12-30(20,5)28(27)26(15-31(21,22)6)37-38(7,8)29(2,3)4/h18-28,32-36H,9-17H2,1-8H3/t18?,19?,20?,21-,22+,23?,24?,25?,26?,27-,28+,30+,31-/m1/s1. The lowest BCUT2D eigenvalue weighted by Crippen LogP contribution is -2.65. The summed E-state index contributed by atoms with van der Waals surface area (Å²) >= 11 is 0. The summed E-state index contributed by atoms with van der Waals surface area (Å²) in [5.74, 6) is 1.47. The van der Waals surface area contributed by atoms with Crippen molar-refractivity contribution in [2.24, 2.45) is 52.3 Å². The second-order valence-electron chi connectivity index (χ2n) is 15.9. The number of rotatable bonds is 7.